The second-order valence-corrected chi connectivity index (χ2v) is 5.64. The molecule has 6 heteroatoms. The van der Waals surface area contributed by atoms with Gasteiger partial charge in [-0.1, -0.05) is 6.92 Å². The van der Waals surface area contributed by atoms with Crippen LogP contribution in [0.15, 0.2) is 18.2 Å². The summed E-state index contributed by atoms with van der Waals surface area (Å²) in [5.74, 6) is -0.956. The highest BCUT2D eigenvalue weighted by molar-refractivity contribution is 5.96. The van der Waals surface area contributed by atoms with Crippen molar-refractivity contribution in [1.82, 2.24) is 5.32 Å². The second-order valence-electron chi connectivity index (χ2n) is 5.64. The fourth-order valence-corrected chi connectivity index (χ4v) is 2.38. The van der Waals surface area contributed by atoms with Gasteiger partial charge in [-0.25, -0.2) is 4.39 Å². The standard InChI is InChI=1S/C15H20FN3O2/c1-10(20)18-11-3-4-12(16)13(9-11)19-14(21)15(2)5-7-17-8-6-15/h3-4,9,17H,5-8H2,1-2H3,(H,18,20)(H,19,21). The van der Waals surface area contributed by atoms with Gasteiger partial charge in [0.15, 0.2) is 0 Å². The van der Waals surface area contributed by atoms with Gasteiger partial charge in [0.05, 0.1) is 5.69 Å². The van der Waals surface area contributed by atoms with Crippen LogP contribution in [0.1, 0.15) is 26.7 Å². The molecule has 0 bridgehead atoms. The summed E-state index contributed by atoms with van der Waals surface area (Å²) >= 11 is 0. The van der Waals surface area contributed by atoms with E-state index in [4.69, 9.17) is 0 Å². The Morgan fingerprint density at radius 2 is 1.90 bits per heavy atom. The minimum absolute atomic E-state index is 0.0889. The summed E-state index contributed by atoms with van der Waals surface area (Å²) in [7, 11) is 0. The molecule has 0 unspecified atom stereocenters. The first-order valence-electron chi connectivity index (χ1n) is 7.00. The molecular weight excluding hydrogens is 273 g/mol. The summed E-state index contributed by atoms with van der Waals surface area (Å²) in [6.07, 6.45) is 1.43. The molecule has 0 aliphatic carbocycles. The Bertz CT molecular complexity index is 554. The highest BCUT2D eigenvalue weighted by atomic mass is 19.1. The summed E-state index contributed by atoms with van der Waals surface area (Å²) in [6.45, 7) is 4.81. The van der Waals surface area contributed by atoms with Gasteiger partial charge in [0.2, 0.25) is 11.8 Å². The van der Waals surface area contributed by atoms with Gasteiger partial charge in [-0.05, 0) is 44.1 Å². The second kappa shape index (κ2) is 6.22. The minimum atomic E-state index is -0.519. The van der Waals surface area contributed by atoms with Crippen molar-refractivity contribution >= 4 is 23.2 Å². The lowest BCUT2D eigenvalue weighted by Gasteiger charge is -2.32. The number of anilines is 2. The average molecular weight is 293 g/mol. The Morgan fingerprint density at radius 3 is 2.52 bits per heavy atom. The molecule has 21 heavy (non-hydrogen) atoms. The SMILES string of the molecule is CC(=O)Nc1ccc(F)c(NC(=O)C2(C)CCNCC2)c1. The summed E-state index contributed by atoms with van der Waals surface area (Å²) < 4.78 is 13.8. The molecule has 114 valence electrons. The van der Waals surface area contributed by atoms with Crippen molar-refractivity contribution in [3.63, 3.8) is 0 Å². The van der Waals surface area contributed by atoms with E-state index < -0.39 is 11.2 Å². The summed E-state index contributed by atoms with van der Waals surface area (Å²) in [5.41, 5.74) is 0.0440. The van der Waals surface area contributed by atoms with E-state index >= 15 is 0 Å². The molecule has 2 rings (SSSR count). The molecule has 0 atom stereocenters. The molecule has 0 aromatic heterocycles. The van der Waals surface area contributed by atoms with E-state index in [0.717, 1.165) is 13.1 Å². The van der Waals surface area contributed by atoms with Gasteiger partial charge in [0.1, 0.15) is 5.82 Å². The smallest absolute Gasteiger partial charge is 0.230 e. The third-order valence-electron chi connectivity index (χ3n) is 3.79. The number of benzene rings is 1. The van der Waals surface area contributed by atoms with Crippen molar-refractivity contribution in [1.29, 1.82) is 0 Å². The number of amides is 2. The molecule has 3 N–H and O–H groups in total. The van der Waals surface area contributed by atoms with Crippen molar-refractivity contribution < 1.29 is 14.0 Å². The van der Waals surface area contributed by atoms with Crippen molar-refractivity contribution in [3.05, 3.63) is 24.0 Å². The third kappa shape index (κ3) is 3.78. The van der Waals surface area contributed by atoms with Gasteiger partial charge in [0, 0.05) is 18.0 Å². The quantitative estimate of drug-likeness (QED) is 0.799. The monoisotopic (exact) mass is 293 g/mol. The molecular formula is C15H20FN3O2. The van der Waals surface area contributed by atoms with Gasteiger partial charge in [-0.15, -0.1) is 0 Å². The first-order valence-corrected chi connectivity index (χ1v) is 7.00. The maximum absolute atomic E-state index is 13.8. The molecule has 1 saturated heterocycles. The summed E-state index contributed by atoms with van der Waals surface area (Å²) in [4.78, 5) is 23.4. The Balaban J connectivity index is 2.14. The molecule has 0 radical (unpaired) electrons. The number of carbonyl (C=O) groups is 2. The maximum Gasteiger partial charge on any atom is 0.230 e. The zero-order valence-electron chi connectivity index (χ0n) is 12.3. The Kier molecular flexibility index (Phi) is 4.57. The topological polar surface area (TPSA) is 70.2 Å². The van der Waals surface area contributed by atoms with E-state index in [-0.39, 0.29) is 17.5 Å². The van der Waals surface area contributed by atoms with Crippen LogP contribution in [0.4, 0.5) is 15.8 Å². The van der Waals surface area contributed by atoms with E-state index in [0.29, 0.717) is 18.5 Å². The fraction of sp³-hybridized carbons (Fsp3) is 0.467. The molecule has 1 fully saturated rings. The zero-order chi connectivity index (χ0) is 15.5. The van der Waals surface area contributed by atoms with Crippen LogP contribution in [-0.2, 0) is 9.59 Å². The summed E-state index contributed by atoms with van der Waals surface area (Å²) in [5, 5.41) is 8.41. The number of rotatable bonds is 3. The lowest BCUT2D eigenvalue weighted by molar-refractivity contribution is -0.126. The molecule has 5 nitrogen and oxygen atoms in total. The van der Waals surface area contributed by atoms with Crippen LogP contribution >= 0.6 is 0 Å². The number of hydrogen-bond acceptors (Lipinski definition) is 3. The molecule has 0 spiro atoms. The van der Waals surface area contributed by atoms with E-state index in [1.165, 1.54) is 25.1 Å². The van der Waals surface area contributed by atoms with Crippen molar-refractivity contribution in [2.24, 2.45) is 5.41 Å². The van der Waals surface area contributed by atoms with Crippen LogP contribution in [0.2, 0.25) is 0 Å². The lowest BCUT2D eigenvalue weighted by Crippen LogP contribution is -2.43. The van der Waals surface area contributed by atoms with Gasteiger partial charge in [-0.3, -0.25) is 9.59 Å². The average Bonchev–Trinajstić information content (AvgIpc) is 2.42. The number of carbonyl (C=O) groups excluding carboxylic acids is 2. The molecule has 2 amide bonds. The number of hydrogen-bond donors (Lipinski definition) is 3. The molecule has 1 aliphatic heterocycles. The first-order chi connectivity index (χ1) is 9.90. The first kappa shape index (κ1) is 15.4. The van der Waals surface area contributed by atoms with Gasteiger partial charge >= 0.3 is 0 Å². The maximum atomic E-state index is 13.8. The molecule has 1 aromatic rings. The van der Waals surface area contributed by atoms with E-state index in [2.05, 4.69) is 16.0 Å². The van der Waals surface area contributed by atoms with Crippen LogP contribution in [0.25, 0.3) is 0 Å². The molecule has 1 heterocycles. The van der Waals surface area contributed by atoms with Crippen molar-refractivity contribution in [2.45, 2.75) is 26.7 Å². The van der Waals surface area contributed by atoms with Crippen LogP contribution < -0.4 is 16.0 Å². The number of nitrogens with one attached hydrogen (secondary N) is 3. The highest BCUT2D eigenvalue weighted by Crippen LogP contribution is 2.30. The molecule has 0 saturated carbocycles. The fourth-order valence-electron chi connectivity index (χ4n) is 2.38. The van der Waals surface area contributed by atoms with Gasteiger partial charge in [-0.2, -0.15) is 0 Å². The Morgan fingerprint density at radius 1 is 1.24 bits per heavy atom. The minimum Gasteiger partial charge on any atom is -0.326 e. The van der Waals surface area contributed by atoms with Crippen molar-refractivity contribution in [2.75, 3.05) is 23.7 Å². The van der Waals surface area contributed by atoms with Crippen LogP contribution in [-0.4, -0.2) is 24.9 Å². The molecule has 1 aromatic carbocycles. The third-order valence-corrected chi connectivity index (χ3v) is 3.79. The van der Waals surface area contributed by atoms with Gasteiger partial charge in [0.25, 0.3) is 0 Å². The predicted molar refractivity (Wildman–Crippen MR) is 79.5 cm³/mol. The van der Waals surface area contributed by atoms with Crippen LogP contribution in [0, 0.1) is 11.2 Å². The number of piperidine rings is 1. The van der Waals surface area contributed by atoms with Gasteiger partial charge < -0.3 is 16.0 Å². The predicted octanol–water partition coefficient (Wildman–Crippen LogP) is 2.11. The lowest BCUT2D eigenvalue weighted by atomic mass is 9.80. The van der Waals surface area contributed by atoms with E-state index in [1.54, 1.807) is 0 Å². The largest absolute Gasteiger partial charge is 0.326 e. The van der Waals surface area contributed by atoms with Crippen LogP contribution in [0.3, 0.4) is 0 Å². The number of halogens is 1. The normalized spacial score (nSPS) is 17.1. The summed E-state index contributed by atoms with van der Waals surface area (Å²) in [6, 6.07) is 4.11. The zero-order valence-corrected chi connectivity index (χ0v) is 12.3. The Labute approximate surface area is 123 Å². The van der Waals surface area contributed by atoms with Crippen molar-refractivity contribution in [3.8, 4) is 0 Å². The van der Waals surface area contributed by atoms with E-state index in [9.17, 15) is 14.0 Å². The van der Waals surface area contributed by atoms with Crippen LogP contribution in [0.5, 0.6) is 0 Å². The van der Waals surface area contributed by atoms with E-state index in [1.807, 2.05) is 6.92 Å². The Hall–Kier alpha value is -1.95. The molecule has 1 aliphatic rings. The highest BCUT2D eigenvalue weighted by Gasteiger charge is 2.34.